The summed E-state index contributed by atoms with van der Waals surface area (Å²) in [5.74, 6) is -0.986. The van der Waals surface area contributed by atoms with E-state index in [4.69, 9.17) is 14.9 Å². The third-order valence-electron chi connectivity index (χ3n) is 3.18. The molecule has 0 atom stereocenters. The van der Waals surface area contributed by atoms with Crippen LogP contribution in [0.2, 0.25) is 0 Å². The minimum Gasteiger partial charge on any atom is -0.465 e. The molecule has 29 heavy (non-hydrogen) atoms. The quantitative estimate of drug-likeness (QED) is 0.357. The van der Waals surface area contributed by atoms with Gasteiger partial charge in [0.15, 0.2) is 0 Å². The van der Waals surface area contributed by atoms with Gasteiger partial charge in [-0.15, -0.1) is 0 Å². The van der Waals surface area contributed by atoms with Crippen molar-refractivity contribution in [2.24, 2.45) is 4.99 Å². The summed E-state index contributed by atoms with van der Waals surface area (Å²) in [4.78, 5) is 39.4. The molecule has 0 radical (unpaired) electrons. The number of rotatable bonds is 6. The Balaban J connectivity index is 2.39. The number of amides is 3. The fourth-order valence-electron chi connectivity index (χ4n) is 2.13. The van der Waals surface area contributed by atoms with E-state index in [0.717, 1.165) is 9.79 Å². The molecule has 0 fully saturated rings. The molecule has 10 nitrogen and oxygen atoms in total. The number of nitrogens with zero attached hydrogens (tertiary/aromatic N) is 1. The second kappa shape index (κ2) is 10.7. The van der Waals surface area contributed by atoms with Crippen molar-refractivity contribution in [3.05, 3.63) is 48.5 Å². The van der Waals surface area contributed by atoms with Crippen LogP contribution in [0.3, 0.4) is 0 Å². The lowest BCUT2D eigenvalue weighted by Crippen LogP contribution is -2.42. The summed E-state index contributed by atoms with van der Waals surface area (Å²) >= 11 is 1.44. The van der Waals surface area contributed by atoms with Crippen LogP contribution in [0.15, 0.2) is 63.3 Å². The van der Waals surface area contributed by atoms with E-state index in [1.54, 1.807) is 12.1 Å². The van der Waals surface area contributed by atoms with Gasteiger partial charge in [0.2, 0.25) is 11.9 Å². The minimum atomic E-state index is -1.50. The number of hydrogen-bond donors (Lipinski definition) is 5. The summed E-state index contributed by atoms with van der Waals surface area (Å²) in [5.41, 5.74) is 0.397. The van der Waals surface area contributed by atoms with Crippen molar-refractivity contribution >= 4 is 47.2 Å². The highest BCUT2D eigenvalue weighted by Gasteiger charge is 2.12. The SMILES string of the molecule is COCC(=O)Nc1cc(Sc2ccccc2)ccc1N=C(NC(=O)O)NC(=O)O. The summed E-state index contributed by atoms with van der Waals surface area (Å²) in [6.07, 6.45) is -3.00. The average molecular weight is 418 g/mol. The molecular weight excluding hydrogens is 400 g/mol. The van der Waals surface area contributed by atoms with E-state index in [9.17, 15) is 14.4 Å². The van der Waals surface area contributed by atoms with Gasteiger partial charge in [-0.1, -0.05) is 30.0 Å². The summed E-state index contributed by atoms with van der Waals surface area (Å²) in [5, 5.41) is 24.0. The third-order valence-corrected chi connectivity index (χ3v) is 4.18. The summed E-state index contributed by atoms with van der Waals surface area (Å²) < 4.78 is 4.79. The smallest absolute Gasteiger partial charge is 0.411 e. The molecule has 0 bridgehead atoms. The van der Waals surface area contributed by atoms with Crippen molar-refractivity contribution in [1.82, 2.24) is 10.6 Å². The molecule has 2 rings (SSSR count). The van der Waals surface area contributed by atoms with Gasteiger partial charge >= 0.3 is 12.2 Å². The van der Waals surface area contributed by atoms with Gasteiger partial charge < -0.3 is 20.3 Å². The van der Waals surface area contributed by atoms with Gasteiger partial charge in [-0.05, 0) is 30.3 Å². The number of aliphatic imine (C=N–C) groups is 1. The standard InChI is InChI=1S/C18H18N4O6S/c1-28-10-15(23)19-14-9-12(29-11-5-3-2-4-6-11)7-8-13(14)20-16(21-17(24)25)22-18(26)27/h2-9H,10H2,1H3,(H,19,23)(H,24,25)(H,26,27)(H2,20,21,22). The van der Waals surface area contributed by atoms with E-state index < -0.39 is 24.1 Å². The van der Waals surface area contributed by atoms with Crippen LogP contribution in [0.5, 0.6) is 0 Å². The molecule has 0 saturated carbocycles. The van der Waals surface area contributed by atoms with E-state index in [0.29, 0.717) is 0 Å². The molecular formula is C18H18N4O6S. The summed E-state index contributed by atoms with van der Waals surface area (Å²) in [6.45, 7) is -0.202. The summed E-state index contributed by atoms with van der Waals surface area (Å²) in [7, 11) is 1.37. The second-order valence-corrected chi connectivity index (χ2v) is 6.54. The maximum absolute atomic E-state index is 12.0. The lowest BCUT2D eigenvalue weighted by Gasteiger charge is -2.12. The van der Waals surface area contributed by atoms with Crippen molar-refractivity contribution in [3.63, 3.8) is 0 Å². The molecule has 0 unspecified atom stereocenters. The third kappa shape index (κ3) is 7.52. The topological polar surface area (TPSA) is 149 Å². The van der Waals surface area contributed by atoms with Gasteiger partial charge in [0.05, 0.1) is 11.4 Å². The molecule has 2 aromatic carbocycles. The second-order valence-electron chi connectivity index (χ2n) is 5.40. The number of nitrogens with one attached hydrogen (secondary N) is 3. The number of benzene rings is 2. The first-order chi connectivity index (χ1) is 13.9. The predicted octanol–water partition coefficient (Wildman–Crippen LogP) is 2.95. The highest BCUT2D eigenvalue weighted by molar-refractivity contribution is 7.99. The first-order valence-electron chi connectivity index (χ1n) is 8.11. The van der Waals surface area contributed by atoms with Crippen molar-refractivity contribution in [2.75, 3.05) is 19.0 Å². The molecule has 0 aromatic heterocycles. The van der Waals surface area contributed by atoms with Crippen molar-refractivity contribution in [2.45, 2.75) is 9.79 Å². The van der Waals surface area contributed by atoms with Crippen LogP contribution in [-0.4, -0.2) is 48.0 Å². The van der Waals surface area contributed by atoms with Crippen LogP contribution >= 0.6 is 11.8 Å². The fraction of sp³-hybridized carbons (Fsp3) is 0.111. The number of carbonyl (C=O) groups is 3. The Kier molecular flexibility index (Phi) is 8.00. The lowest BCUT2D eigenvalue weighted by molar-refractivity contribution is -0.119. The van der Waals surface area contributed by atoms with Crippen LogP contribution in [0.1, 0.15) is 0 Å². The van der Waals surface area contributed by atoms with E-state index in [1.807, 2.05) is 41.0 Å². The highest BCUT2D eigenvalue weighted by Crippen LogP contribution is 2.34. The van der Waals surface area contributed by atoms with Crippen LogP contribution < -0.4 is 16.0 Å². The van der Waals surface area contributed by atoms with Crippen molar-refractivity contribution in [1.29, 1.82) is 0 Å². The molecule has 0 heterocycles. The zero-order valence-corrected chi connectivity index (χ0v) is 16.0. The Morgan fingerprint density at radius 2 is 1.66 bits per heavy atom. The number of ether oxygens (including phenoxy) is 1. The minimum absolute atomic E-state index is 0.143. The van der Waals surface area contributed by atoms with E-state index >= 15 is 0 Å². The highest BCUT2D eigenvalue weighted by atomic mass is 32.2. The first kappa shape index (κ1) is 21.7. The Hall–Kier alpha value is -3.57. The molecule has 5 N–H and O–H groups in total. The molecule has 2 aromatic rings. The Morgan fingerprint density at radius 3 is 2.24 bits per heavy atom. The van der Waals surface area contributed by atoms with Gasteiger partial charge in [0.25, 0.3) is 0 Å². The molecule has 0 aliphatic heterocycles. The predicted molar refractivity (Wildman–Crippen MR) is 107 cm³/mol. The molecule has 3 amide bonds. The average Bonchev–Trinajstić information content (AvgIpc) is 2.64. The van der Waals surface area contributed by atoms with E-state index in [-0.39, 0.29) is 18.0 Å². The Morgan fingerprint density at radius 1 is 1.00 bits per heavy atom. The van der Waals surface area contributed by atoms with Crippen LogP contribution in [0.25, 0.3) is 0 Å². The van der Waals surface area contributed by atoms with Gasteiger partial charge in [-0.25, -0.2) is 14.6 Å². The zero-order valence-electron chi connectivity index (χ0n) is 15.2. The summed E-state index contributed by atoms with van der Waals surface area (Å²) in [6, 6.07) is 14.4. The molecule has 11 heteroatoms. The number of carboxylic acid groups (broad SMARTS) is 2. The first-order valence-corrected chi connectivity index (χ1v) is 8.93. The fourth-order valence-corrected chi connectivity index (χ4v) is 3.01. The van der Waals surface area contributed by atoms with Gasteiger partial charge in [0, 0.05) is 16.9 Å². The molecule has 0 spiro atoms. The number of methoxy groups -OCH3 is 1. The van der Waals surface area contributed by atoms with Crippen LogP contribution in [-0.2, 0) is 9.53 Å². The van der Waals surface area contributed by atoms with Gasteiger partial charge in [0.1, 0.15) is 6.61 Å². The number of carbonyl (C=O) groups excluding carboxylic acids is 1. The van der Waals surface area contributed by atoms with Gasteiger partial charge in [-0.3, -0.25) is 15.4 Å². The largest absolute Gasteiger partial charge is 0.465 e. The van der Waals surface area contributed by atoms with Crippen molar-refractivity contribution < 1.29 is 29.3 Å². The molecule has 0 aliphatic carbocycles. The number of hydrogen-bond acceptors (Lipinski definition) is 6. The molecule has 0 aliphatic rings. The van der Waals surface area contributed by atoms with Crippen molar-refractivity contribution in [3.8, 4) is 0 Å². The molecule has 152 valence electrons. The maximum Gasteiger partial charge on any atom is 0.411 e. The zero-order chi connectivity index (χ0) is 21.2. The van der Waals surface area contributed by atoms with E-state index in [2.05, 4.69) is 10.3 Å². The number of guanidine groups is 1. The van der Waals surface area contributed by atoms with E-state index in [1.165, 1.54) is 24.9 Å². The lowest BCUT2D eigenvalue weighted by atomic mass is 10.2. The number of anilines is 1. The van der Waals surface area contributed by atoms with Crippen LogP contribution in [0, 0.1) is 0 Å². The molecule has 0 saturated heterocycles. The maximum atomic E-state index is 12.0. The Labute approximate surface area is 170 Å². The van der Waals surface area contributed by atoms with Gasteiger partial charge in [-0.2, -0.15) is 0 Å². The van der Waals surface area contributed by atoms with Crippen LogP contribution in [0.4, 0.5) is 21.0 Å². The normalized spacial score (nSPS) is 9.97. The Bertz CT molecular complexity index is 902. The monoisotopic (exact) mass is 418 g/mol.